The number of hydrogen-bond donors (Lipinski definition) is 2. The number of Topliss-reactive ketones (excluding diaryl/α,β-unsaturated/α-hetero) is 2. The van der Waals surface area contributed by atoms with Crippen molar-refractivity contribution >= 4 is 34.8 Å². The van der Waals surface area contributed by atoms with Crippen LogP contribution in [0.25, 0.3) is 0 Å². The molecular weight excluding hydrogens is 456 g/mol. The van der Waals surface area contributed by atoms with Gasteiger partial charge in [0.15, 0.2) is 5.78 Å². The minimum atomic E-state index is -1.85. The fourth-order valence-electron chi connectivity index (χ4n) is 3.89. The summed E-state index contributed by atoms with van der Waals surface area (Å²) < 4.78 is 5.33. The van der Waals surface area contributed by atoms with E-state index in [1.807, 2.05) is 0 Å². The first-order valence-corrected chi connectivity index (χ1v) is 10.4. The molecule has 35 heavy (non-hydrogen) atoms. The highest BCUT2D eigenvalue weighted by Gasteiger charge is 2.46. The second kappa shape index (κ2) is 9.18. The van der Waals surface area contributed by atoms with Gasteiger partial charge in [-0.2, -0.15) is 0 Å². The highest BCUT2D eigenvalue weighted by Crippen LogP contribution is 2.39. The molecule has 1 aliphatic heterocycles. The van der Waals surface area contributed by atoms with E-state index >= 15 is 0 Å². The fraction of sp³-hybridized carbons (Fsp3) is 0.120. The number of nitrogens with one attached hydrogen (secondary N) is 1. The lowest BCUT2D eigenvalue weighted by molar-refractivity contribution is -0.384. The van der Waals surface area contributed by atoms with E-state index in [2.05, 4.69) is 5.32 Å². The van der Waals surface area contributed by atoms with E-state index in [0.29, 0.717) is 5.56 Å². The molecule has 1 amide bonds. The van der Waals surface area contributed by atoms with Gasteiger partial charge in [-0.25, -0.2) is 4.79 Å². The number of ether oxygens (including phenoxy) is 1. The van der Waals surface area contributed by atoms with Gasteiger partial charge in [-0.05, 0) is 36.8 Å². The summed E-state index contributed by atoms with van der Waals surface area (Å²) in [5, 5.41) is 23.8. The van der Waals surface area contributed by atoms with Gasteiger partial charge in [0, 0.05) is 11.6 Å². The van der Waals surface area contributed by atoms with Crippen LogP contribution in [0.4, 0.5) is 11.4 Å². The fourth-order valence-corrected chi connectivity index (χ4v) is 3.89. The number of esters is 1. The molecule has 0 unspecified atom stereocenters. The smallest absolute Gasteiger partial charge is 0.339 e. The molecule has 2 atom stereocenters. The average molecular weight is 474 g/mol. The summed E-state index contributed by atoms with van der Waals surface area (Å²) in [6, 6.07) is 15.5. The minimum absolute atomic E-state index is 0.134. The maximum absolute atomic E-state index is 13.4. The summed E-state index contributed by atoms with van der Waals surface area (Å²) in [7, 11) is 0. The molecule has 0 saturated carbocycles. The second-order valence-electron chi connectivity index (χ2n) is 7.87. The van der Waals surface area contributed by atoms with Crippen molar-refractivity contribution in [1.82, 2.24) is 0 Å². The summed E-state index contributed by atoms with van der Waals surface area (Å²) in [6.45, 7) is 1.62. The van der Waals surface area contributed by atoms with Crippen LogP contribution in [0.15, 0.2) is 66.7 Å². The molecule has 0 aromatic heterocycles. The van der Waals surface area contributed by atoms with Crippen molar-refractivity contribution in [3.8, 4) is 5.75 Å². The van der Waals surface area contributed by atoms with Gasteiger partial charge < -0.3 is 15.2 Å². The third kappa shape index (κ3) is 4.36. The predicted molar refractivity (Wildman–Crippen MR) is 122 cm³/mol. The summed E-state index contributed by atoms with van der Waals surface area (Å²) in [6.07, 6.45) is -1.43. The summed E-state index contributed by atoms with van der Waals surface area (Å²) in [5.41, 5.74) is -0.00361. The Bertz CT molecular complexity index is 1400. The number of para-hydroxylation sites is 1. The average Bonchev–Trinajstić information content (AvgIpc) is 3.16. The summed E-state index contributed by atoms with van der Waals surface area (Å²) in [4.78, 5) is 62.8. The van der Waals surface area contributed by atoms with E-state index < -0.39 is 51.8 Å². The zero-order valence-corrected chi connectivity index (χ0v) is 18.3. The standard InChI is InChI=1S/C25H18N2O8/c1-13-10-11-17(18(12-13)27(33)34)26-24(31)22(30)20(21(29)16-8-4-5-9-19(16)28)23-14-6-2-3-7-15(14)25(32)35-23/h2-12,20,23,28H,1H3,(H,26,31)/t20-,23+/m1/s1. The number of carbonyl (C=O) groups excluding carboxylic acids is 4. The van der Waals surface area contributed by atoms with Crippen molar-refractivity contribution in [2.24, 2.45) is 5.92 Å². The first-order chi connectivity index (χ1) is 16.7. The third-order valence-electron chi connectivity index (χ3n) is 5.58. The van der Waals surface area contributed by atoms with Gasteiger partial charge in [0.25, 0.3) is 11.6 Å². The van der Waals surface area contributed by atoms with Gasteiger partial charge in [-0.3, -0.25) is 24.5 Å². The Hall–Kier alpha value is -4.86. The molecule has 0 radical (unpaired) electrons. The number of nitrogens with zero attached hydrogens (tertiary/aromatic N) is 1. The monoisotopic (exact) mass is 474 g/mol. The quantitative estimate of drug-likeness (QED) is 0.132. The third-order valence-corrected chi connectivity index (χ3v) is 5.58. The molecule has 3 aromatic carbocycles. The lowest BCUT2D eigenvalue weighted by Crippen LogP contribution is -2.38. The molecule has 10 nitrogen and oxygen atoms in total. The van der Waals surface area contributed by atoms with E-state index in [9.17, 15) is 34.4 Å². The molecule has 0 aliphatic carbocycles. The number of carbonyl (C=O) groups is 4. The van der Waals surface area contributed by atoms with Crippen LogP contribution in [0.5, 0.6) is 5.75 Å². The van der Waals surface area contributed by atoms with Crippen molar-refractivity contribution in [2.75, 3.05) is 5.32 Å². The number of nitro benzene ring substituents is 1. The molecule has 0 fully saturated rings. The van der Waals surface area contributed by atoms with Crippen molar-refractivity contribution < 1.29 is 33.9 Å². The number of aromatic hydroxyl groups is 1. The number of rotatable bonds is 7. The van der Waals surface area contributed by atoms with Crippen molar-refractivity contribution in [1.29, 1.82) is 0 Å². The topological polar surface area (TPSA) is 153 Å². The number of fused-ring (bicyclic) bond motifs is 1. The minimum Gasteiger partial charge on any atom is -0.507 e. The van der Waals surface area contributed by atoms with E-state index in [1.165, 1.54) is 54.6 Å². The van der Waals surface area contributed by atoms with Gasteiger partial charge in [0.1, 0.15) is 23.5 Å². The van der Waals surface area contributed by atoms with Gasteiger partial charge in [0.05, 0.1) is 16.1 Å². The molecule has 10 heteroatoms. The zero-order chi connectivity index (χ0) is 25.3. The normalized spacial score (nSPS) is 15.0. The van der Waals surface area contributed by atoms with Crippen molar-refractivity contribution in [3.63, 3.8) is 0 Å². The lowest BCUT2D eigenvalue weighted by Gasteiger charge is -2.21. The van der Waals surface area contributed by atoms with Gasteiger partial charge >= 0.3 is 5.97 Å². The zero-order valence-electron chi connectivity index (χ0n) is 18.3. The van der Waals surface area contributed by atoms with E-state index in [-0.39, 0.29) is 22.4 Å². The van der Waals surface area contributed by atoms with E-state index in [1.54, 1.807) is 19.1 Å². The maximum Gasteiger partial charge on any atom is 0.339 e. The number of hydrogen-bond acceptors (Lipinski definition) is 8. The molecule has 4 rings (SSSR count). The number of cyclic esters (lactones) is 1. The van der Waals surface area contributed by atoms with Crippen LogP contribution in [-0.2, 0) is 14.3 Å². The van der Waals surface area contributed by atoms with Gasteiger partial charge in [-0.15, -0.1) is 0 Å². The molecule has 1 aliphatic rings. The molecule has 1 heterocycles. The number of ketones is 2. The Balaban J connectivity index is 1.75. The summed E-state index contributed by atoms with van der Waals surface area (Å²) in [5.74, 6) is -6.60. The molecule has 0 spiro atoms. The number of phenols is 1. The first-order valence-electron chi connectivity index (χ1n) is 10.4. The molecule has 3 aromatic rings. The number of aryl methyl sites for hydroxylation is 1. The number of anilines is 1. The van der Waals surface area contributed by atoms with Gasteiger partial charge in [0.2, 0.25) is 5.78 Å². The van der Waals surface area contributed by atoms with Crippen molar-refractivity contribution in [2.45, 2.75) is 13.0 Å². The Labute approximate surface area is 198 Å². The molecule has 176 valence electrons. The summed E-state index contributed by atoms with van der Waals surface area (Å²) >= 11 is 0. The van der Waals surface area contributed by atoms with Crippen LogP contribution in [0.1, 0.15) is 37.9 Å². The second-order valence-corrected chi connectivity index (χ2v) is 7.87. The SMILES string of the molecule is Cc1ccc(NC(=O)C(=O)[C@@H](C(=O)c2ccccc2O)[C@H]2OC(=O)c3ccccc32)c([N+](=O)[O-])c1. The predicted octanol–water partition coefficient (Wildman–Crippen LogP) is 3.53. The Morgan fingerprint density at radius 2 is 1.74 bits per heavy atom. The molecular formula is C25H18N2O8. The van der Waals surface area contributed by atoms with Crippen LogP contribution in [0.3, 0.4) is 0 Å². The Morgan fingerprint density at radius 3 is 2.46 bits per heavy atom. The molecule has 2 N–H and O–H groups in total. The lowest BCUT2D eigenvalue weighted by atomic mass is 9.84. The Kier molecular flexibility index (Phi) is 6.11. The molecule has 0 bridgehead atoms. The van der Waals surface area contributed by atoms with Gasteiger partial charge in [-0.1, -0.05) is 36.4 Å². The highest BCUT2D eigenvalue weighted by atomic mass is 16.6. The highest BCUT2D eigenvalue weighted by molar-refractivity contribution is 6.45. The van der Waals surface area contributed by atoms with Crippen LogP contribution < -0.4 is 5.32 Å². The van der Waals surface area contributed by atoms with E-state index in [4.69, 9.17) is 4.74 Å². The maximum atomic E-state index is 13.4. The molecule has 0 saturated heterocycles. The number of amides is 1. The first kappa shape index (κ1) is 23.3. The van der Waals surface area contributed by atoms with Crippen LogP contribution in [0, 0.1) is 23.0 Å². The van der Waals surface area contributed by atoms with Crippen molar-refractivity contribution in [3.05, 3.63) is 99.1 Å². The van der Waals surface area contributed by atoms with Crippen LogP contribution in [0.2, 0.25) is 0 Å². The number of nitro groups is 1. The number of benzene rings is 3. The Morgan fingerprint density at radius 1 is 1.06 bits per heavy atom. The van der Waals surface area contributed by atoms with Crippen LogP contribution in [-0.4, -0.2) is 33.5 Å². The van der Waals surface area contributed by atoms with E-state index in [0.717, 1.165) is 0 Å². The number of phenolic OH excluding ortho intramolecular Hbond substituents is 1. The largest absolute Gasteiger partial charge is 0.507 e. The van der Waals surface area contributed by atoms with Crippen LogP contribution >= 0.6 is 0 Å².